The summed E-state index contributed by atoms with van der Waals surface area (Å²) >= 11 is 0. The summed E-state index contributed by atoms with van der Waals surface area (Å²) in [4.78, 5) is 11.2. The fourth-order valence-corrected chi connectivity index (χ4v) is 3.46. The van der Waals surface area contributed by atoms with Gasteiger partial charge in [-0.25, -0.2) is 0 Å². The molecule has 0 bridgehead atoms. The number of carboxylic acid groups (broad SMARTS) is 1. The Balaban J connectivity index is 1.79. The number of carbonyl (C=O) groups is 1. The summed E-state index contributed by atoms with van der Waals surface area (Å²) in [7, 11) is 1.65. The fraction of sp³-hybridized carbons (Fsp3) is 0.115. The maximum Gasteiger partial charge on any atom is 0.310 e. The van der Waals surface area contributed by atoms with Crippen LogP contribution in [-0.2, 0) is 4.79 Å². The van der Waals surface area contributed by atoms with Crippen LogP contribution in [0, 0.1) is 0 Å². The molecule has 1 atom stereocenters. The van der Waals surface area contributed by atoms with Gasteiger partial charge in [-0.05, 0) is 53.8 Å². The minimum atomic E-state index is -0.849. The van der Waals surface area contributed by atoms with Crippen LogP contribution in [0.2, 0.25) is 0 Å². The number of carboxylic acids is 1. The lowest BCUT2D eigenvalue weighted by Gasteiger charge is -2.16. The molecule has 0 heterocycles. The molecule has 4 heteroatoms. The first-order valence-electron chi connectivity index (χ1n) is 9.73. The van der Waals surface area contributed by atoms with E-state index in [2.05, 4.69) is 12.1 Å². The van der Waals surface area contributed by atoms with Crippen LogP contribution < -0.4 is 9.47 Å². The minimum Gasteiger partial charge on any atom is -0.497 e. The van der Waals surface area contributed by atoms with Crippen LogP contribution in [0.4, 0.5) is 0 Å². The van der Waals surface area contributed by atoms with Crippen molar-refractivity contribution in [1.29, 1.82) is 0 Å². The Kier molecular flexibility index (Phi) is 5.40. The lowest BCUT2D eigenvalue weighted by molar-refractivity contribution is -0.138. The number of fused-ring (bicyclic) bond motifs is 1. The molecule has 0 aromatic heterocycles. The van der Waals surface area contributed by atoms with E-state index in [9.17, 15) is 9.90 Å². The van der Waals surface area contributed by atoms with E-state index in [1.807, 2.05) is 60.7 Å². The molecule has 0 fully saturated rings. The van der Waals surface area contributed by atoms with E-state index in [4.69, 9.17) is 9.47 Å². The van der Waals surface area contributed by atoms with Crippen LogP contribution in [-0.4, -0.2) is 18.2 Å². The number of rotatable bonds is 6. The zero-order valence-electron chi connectivity index (χ0n) is 16.8. The number of benzene rings is 4. The highest BCUT2D eigenvalue weighted by molar-refractivity contribution is 5.95. The molecule has 0 saturated heterocycles. The Bertz CT molecular complexity index is 1200. The van der Waals surface area contributed by atoms with Crippen LogP contribution in [0.25, 0.3) is 21.9 Å². The second-order valence-corrected chi connectivity index (χ2v) is 7.13. The molecule has 0 aliphatic heterocycles. The molecule has 0 saturated carbocycles. The van der Waals surface area contributed by atoms with Gasteiger partial charge in [0.2, 0.25) is 0 Å². The molecule has 4 nitrogen and oxygen atoms in total. The monoisotopic (exact) mass is 398 g/mol. The topological polar surface area (TPSA) is 55.8 Å². The lowest BCUT2D eigenvalue weighted by atomic mass is 9.99. The van der Waals surface area contributed by atoms with Gasteiger partial charge >= 0.3 is 5.97 Å². The number of ether oxygens (including phenoxy) is 2. The van der Waals surface area contributed by atoms with Gasteiger partial charge in [-0.1, -0.05) is 54.6 Å². The van der Waals surface area contributed by atoms with E-state index in [1.54, 1.807) is 26.2 Å². The van der Waals surface area contributed by atoms with Gasteiger partial charge in [0.1, 0.15) is 17.2 Å². The average molecular weight is 398 g/mol. The number of hydrogen-bond donors (Lipinski definition) is 1. The molecule has 4 aromatic rings. The summed E-state index contributed by atoms with van der Waals surface area (Å²) in [5.41, 5.74) is 2.68. The third-order valence-electron chi connectivity index (χ3n) is 5.23. The number of aliphatic carboxylic acids is 1. The van der Waals surface area contributed by atoms with Gasteiger partial charge in [-0.2, -0.15) is 0 Å². The minimum absolute atomic E-state index is 0.566. The first-order chi connectivity index (χ1) is 14.6. The van der Waals surface area contributed by atoms with Crippen LogP contribution >= 0.6 is 0 Å². The van der Waals surface area contributed by atoms with E-state index in [-0.39, 0.29) is 0 Å². The second kappa shape index (κ2) is 8.29. The van der Waals surface area contributed by atoms with Gasteiger partial charge in [-0.15, -0.1) is 0 Å². The average Bonchev–Trinajstić information content (AvgIpc) is 2.79. The van der Waals surface area contributed by atoms with Gasteiger partial charge in [0.05, 0.1) is 13.0 Å². The zero-order chi connectivity index (χ0) is 21.1. The summed E-state index contributed by atoms with van der Waals surface area (Å²) < 4.78 is 11.7. The Morgan fingerprint density at radius 3 is 2.37 bits per heavy atom. The highest BCUT2D eigenvalue weighted by atomic mass is 16.5. The molecule has 0 amide bonds. The van der Waals surface area contributed by atoms with Crippen molar-refractivity contribution in [1.82, 2.24) is 0 Å². The molecule has 1 unspecified atom stereocenters. The van der Waals surface area contributed by atoms with Crippen molar-refractivity contribution in [3.8, 4) is 28.4 Å². The maximum atomic E-state index is 11.2. The Labute approximate surface area is 175 Å². The molecular weight excluding hydrogens is 376 g/mol. The molecular formula is C26H22O4. The first kappa shape index (κ1) is 19.5. The quantitative estimate of drug-likeness (QED) is 0.403. The Morgan fingerprint density at radius 1 is 0.867 bits per heavy atom. The van der Waals surface area contributed by atoms with Gasteiger partial charge < -0.3 is 14.6 Å². The van der Waals surface area contributed by atoms with E-state index in [0.717, 1.165) is 39.0 Å². The summed E-state index contributed by atoms with van der Waals surface area (Å²) in [6.07, 6.45) is 0. The molecule has 1 N–H and O–H groups in total. The van der Waals surface area contributed by atoms with Gasteiger partial charge in [-0.3, -0.25) is 4.79 Å². The molecule has 150 valence electrons. The van der Waals surface area contributed by atoms with E-state index in [1.165, 1.54) is 0 Å². The molecule has 0 aliphatic carbocycles. The smallest absolute Gasteiger partial charge is 0.310 e. The maximum absolute atomic E-state index is 11.2. The third kappa shape index (κ3) is 3.85. The van der Waals surface area contributed by atoms with Crippen LogP contribution in [0.5, 0.6) is 17.2 Å². The summed E-state index contributed by atoms with van der Waals surface area (Å²) in [5, 5.41) is 11.3. The largest absolute Gasteiger partial charge is 0.497 e. The standard InChI is InChI=1S/C26H22O4/c1-17(26(27)28)18-10-13-21(14-11-18)30-25-23-9-4-3-6-19(23)12-15-24(25)20-7-5-8-22(16-20)29-2/h3-17H,1-2H3,(H,27,28). The second-order valence-electron chi connectivity index (χ2n) is 7.13. The van der Waals surface area contributed by atoms with Crippen molar-refractivity contribution in [2.45, 2.75) is 12.8 Å². The molecule has 0 radical (unpaired) electrons. The normalized spacial score (nSPS) is 11.8. The van der Waals surface area contributed by atoms with E-state index < -0.39 is 11.9 Å². The van der Waals surface area contributed by atoms with E-state index in [0.29, 0.717) is 5.75 Å². The fourth-order valence-electron chi connectivity index (χ4n) is 3.46. The predicted octanol–water partition coefficient (Wildman–Crippen LogP) is 6.50. The van der Waals surface area contributed by atoms with Crippen molar-refractivity contribution >= 4 is 16.7 Å². The highest BCUT2D eigenvalue weighted by Gasteiger charge is 2.15. The summed E-state index contributed by atoms with van der Waals surface area (Å²) in [6, 6.07) is 27.3. The van der Waals surface area contributed by atoms with Gasteiger partial charge in [0.25, 0.3) is 0 Å². The van der Waals surface area contributed by atoms with Gasteiger partial charge in [0, 0.05) is 10.9 Å². The predicted molar refractivity (Wildman–Crippen MR) is 119 cm³/mol. The van der Waals surface area contributed by atoms with Gasteiger partial charge in [0.15, 0.2) is 0 Å². The lowest BCUT2D eigenvalue weighted by Crippen LogP contribution is -2.06. The summed E-state index contributed by atoms with van der Waals surface area (Å²) in [5.74, 6) is 0.762. The first-order valence-corrected chi connectivity index (χ1v) is 9.73. The number of methoxy groups -OCH3 is 1. The van der Waals surface area contributed by atoms with Crippen molar-refractivity contribution in [2.75, 3.05) is 7.11 Å². The van der Waals surface area contributed by atoms with Crippen molar-refractivity contribution in [3.05, 3.63) is 90.5 Å². The van der Waals surface area contributed by atoms with Crippen molar-refractivity contribution < 1.29 is 19.4 Å². The SMILES string of the molecule is COc1cccc(-c2ccc3ccccc3c2Oc2ccc(C(C)C(=O)O)cc2)c1. The molecule has 4 rings (SSSR count). The van der Waals surface area contributed by atoms with Crippen molar-refractivity contribution in [2.24, 2.45) is 0 Å². The van der Waals surface area contributed by atoms with E-state index >= 15 is 0 Å². The van der Waals surface area contributed by atoms with Crippen LogP contribution in [0.3, 0.4) is 0 Å². The molecule has 30 heavy (non-hydrogen) atoms. The molecule has 0 spiro atoms. The number of hydrogen-bond acceptors (Lipinski definition) is 3. The Morgan fingerprint density at radius 2 is 1.63 bits per heavy atom. The third-order valence-corrected chi connectivity index (χ3v) is 5.23. The molecule has 0 aliphatic rings. The summed E-state index contributed by atoms with van der Waals surface area (Å²) in [6.45, 7) is 1.67. The molecule has 4 aromatic carbocycles. The Hall–Kier alpha value is -3.79. The van der Waals surface area contributed by atoms with Crippen molar-refractivity contribution in [3.63, 3.8) is 0 Å². The van der Waals surface area contributed by atoms with Crippen LogP contribution in [0.15, 0.2) is 84.9 Å². The van der Waals surface area contributed by atoms with Crippen LogP contribution in [0.1, 0.15) is 18.4 Å². The highest BCUT2D eigenvalue weighted by Crippen LogP contribution is 2.40. The zero-order valence-corrected chi connectivity index (χ0v) is 16.8.